The molecule has 0 fully saturated rings. The minimum atomic E-state index is -0.0266. The quantitative estimate of drug-likeness (QED) is 0.219. The van der Waals surface area contributed by atoms with Crippen LogP contribution in [0.5, 0.6) is 0 Å². The molecule has 43 heavy (non-hydrogen) atoms. The summed E-state index contributed by atoms with van der Waals surface area (Å²) in [4.78, 5) is 48.3. The molecule has 230 valence electrons. The number of benzene rings is 3. The van der Waals surface area contributed by atoms with Crippen molar-refractivity contribution >= 4 is 51.0 Å². The third-order valence-electron chi connectivity index (χ3n) is 6.73. The number of aryl methyl sites for hydroxylation is 3. The maximum absolute atomic E-state index is 12.8. The van der Waals surface area contributed by atoms with E-state index in [0.29, 0.717) is 19.6 Å². The number of rotatable bonds is 9. The lowest BCUT2D eigenvalue weighted by Gasteiger charge is -2.27. The van der Waals surface area contributed by atoms with Crippen molar-refractivity contribution in [2.75, 3.05) is 42.3 Å². The van der Waals surface area contributed by atoms with E-state index in [1.165, 1.54) is 35.3 Å². The Balaban J connectivity index is 2.09. The summed E-state index contributed by atoms with van der Waals surface area (Å²) in [7, 11) is 10.6. The zero-order valence-corrected chi connectivity index (χ0v) is 29.0. The third kappa shape index (κ3) is 9.53. The minimum absolute atomic E-state index is 0.0266. The molecule has 3 aromatic rings. The van der Waals surface area contributed by atoms with Gasteiger partial charge in [-0.15, -0.1) is 0 Å². The van der Waals surface area contributed by atoms with Gasteiger partial charge in [0.25, 0.3) is 15.7 Å². The predicted octanol–water partition coefficient (Wildman–Crippen LogP) is 8.14. The number of hydrogen-bond acceptors (Lipinski definition) is 7. The largest absolute Gasteiger partial charge is 0.339 e. The Bertz CT molecular complexity index is 1300. The second-order valence-corrected chi connectivity index (χ2v) is 14.0. The first-order valence-corrected chi connectivity index (χ1v) is 16.4. The first-order valence-electron chi connectivity index (χ1n) is 13.9. The van der Waals surface area contributed by atoms with Crippen molar-refractivity contribution in [3.05, 3.63) is 88.0 Å². The van der Waals surface area contributed by atoms with Gasteiger partial charge in [-0.05, 0) is 89.4 Å². The van der Waals surface area contributed by atoms with E-state index in [2.05, 4.69) is 23.1 Å². The van der Waals surface area contributed by atoms with Crippen LogP contribution in [0.1, 0.15) is 33.4 Å². The zero-order chi connectivity index (χ0) is 31.8. The van der Waals surface area contributed by atoms with E-state index in [1.807, 2.05) is 57.2 Å². The third-order valence-corrected chi connectivity index (χ3v) is 10.7. The summed E-state index contributed by atoms with van der Waals surface area (Å²) >= 11 is 3.74. The van der Waals surface area contributed by atoms with Gasteiger partial charge in [0.15, 0.2) is 0 Å². The standard InChI is InChI=1S/C33H42N4O3S3/c1-22-13-10-16-25(28(22)41-31(38)34(4)5)19-37(20-26-17-11-14-23(2)29(26)42-32(39)35(6)7)21-27-18-12-15-24(3)30(27)43-33(40)36(8)9/h10-18H,19-21H2,1-9H3. The molecule has 0 unspecified atom stereocenters. The van der Waals surface area contributed by atoms with Gasteiger partial charge in [0.1, 0.15) is 0 Å². The predicted molar refractivity (Wildman–Crippen MR) is 181 cm³/mol. The van der Waals surface area contributed by atoms with Gasteiger partial charge in [-0.1, -0.05) is 54.6 Å². The molecule has 0 radical (unpaired) electrons. The maximum Gasteiger partial charge on any atom is 0.285 e. The lowest BCUT2D eigenvalue weighted by molar-refractivity contribution is 0.239. The van der Waals surface area contributed by atoms with Gasteiger partial charge in [-0.3, -0.25) is 19.3 Å². The summed E-state index contributed by atoms with van der Waals surface area (Å²) in [6, 6.07) is 18.4. The summed E-state index contributed by atoms with van der Waals surface area (Å²) < 4.78 is 0. The van der Waals surface area contributed by atoms with E-state index in [9.17, 15) is 14.4 Å². The molecule has 0 aliphatic heterocycles. The zero-order valence-electron chi connectivity index (χ0n) is 26.6. The van der Waals surface area contributed by atoms with Crippen LogP contribution in [0.25, 0.3) is 0 Å². The summed E-state index contributed by atoms with van der Waals surface area (Å²) in [6.07, 6.45) is 0. The minimum Gasteiger partial charge on any atom is -0.339 e. The van der Waals surface area contributed by atoms with Gasteiger partial charge < -0.3 is 14.7 Å². The molecular formula is C33H42N4O3S3. The van der Waals surface area contributed by atoms with Crippen LogP contribution in [0, 0.1) is 20.8 Å². The number of amides is 3. The molecule has 0 saturated carbocycles. The molecule has 10 heteroatoms. The van der Waals surface area contributed by atoms with E-state index in [4.69, 9.17) is 0 Å². The Hall–Kier alpha value is -2.92. The van der Waals surface area contributed by atoms with E-state index in [-0.39, 0.29) is 15.7 Å². The van der Waals surface area contributed by atoms with Crippen LogP contribution < -0.4 is 0 Å². The second kappa shape index (κ2) is 15.7. The Labute approximate surface area is 269 Å². The molecule has 0 spiro atoms. The number of nitrogens with zero attached hydrogens (tertiary/aromatic N) is 4. The number of carbonyl (C=O) groups is 3. The van der Waals surface area contributed by atoms with Crippen LogP contribution in [0.2, 0.25) is 0 Å². The van der Waals surface area contributed by atoms with E-state index in [1.54, 1.807) is 57.0 Å². The number of thioether (sulfide) groups is 3. The van der Waals surface area contributed by atoms with Crippen molar-refractivity contribution in [3.63, 3.8) is 0 Å². The monoisotopic (exact) mass is 638 g/mol. The van der Waals surface area contributed by atoms with Crippen LogP contribution in [0.4, 0.5) is 14.4 Å². The molecule has 3 rings (SSSR count). The highest BCUT2D eigenvalue weighted by atomic mass is 32.2. The fraction of sp³-hybridized carbons (Fsp3) is 0.364. The topological polar surface area (TPSA) is 64.2 Å². The van der Waals surface area contributed by atoms with Crippen LogP contribution in [0.15, 0.2) is 69.3 Å². The summed E-state index contributed by atoms with van der Waals surface area (Å²) in [6.45, 7) is 7.81. The van der Waals surface area contributed by atoms with Gasteiger partial charge in [0.2, 0.25) is 0 Å². The lowest BCUT2D eigenvalue weighted by atomic mass is 10.1. The summed E-state index contributed by atoms with van der Waals surface area (Å²) in [5.74, 6) is 0. The van der Waals surface area contributed by atoms with Crippen molar-refractivity contribution in [1.82, 2.24) is 19.6 Å². The molecular weight excluding hydrogens is 597 g/mol. The van der Waals surface area contributed by atoms with Gasteiger partial charge in [0.05, 0.1) is 0 Å². The molecule has 0 atom stereocenters. The van der Waals surface area contributed by atoms with Crippen molar-refractivity contribution in [3.8, 4) is 0 Å². The molecule has 0 saturated heterocycles. The smallest absolute Gasteiger partial charge is 0.285 e. The molecule has 0 N–H and O–H groups in total. The molecule has 0 bridgehead atoms. The normalized spacial score (nSPS) is 11.0. The molecule has 7 nitrogen and oxygen atoms in total. The van der Waals surface area contributed by atoms with Crippen LogP contribution in [0.3, 0.4) is 0 Å². The Morgan fingerprint density at radius 3 is 0.977 bits per heavy atom. The van der Waals surface area contributed by atoms with Crippen molar-refractivity contribution < 1.29 is 14.4 Å². The van der Waals surface area contributed by atoms with Crippen molar-refractivity contribution in [1.29, 1.82) is 0 Å². The number of hydrogen-bond donors (Lipinski definition) is 0. The SMILES string of the molecule is Cc1cccc(CN(Cc2cccc(C)c2SC(=O)N(C)C)Cc2cccc(C)c2SC(=O)N(C)C)c1SC(=O)N(C)C. The molecule has 0 aliphatic carbocycles. The fourth-order valence-corrected chi connectivity index (χ4v) is 6.93. The van der Waals surface area contributed by atoms with Gasteiger partial charge in [0, 0.05) is 76.6 Å². The summed E-state index contributed by atoms with van der Waals surface area (Å²) in [5.41, 5.74) is 6.30. The van der Waals surface area contributed by atoms with Crippen LogP contribution in [-0.4, -0.2) is 77.6 Å². The fourth-order valence-electron chi connectivity index (χ4n) is 4.38. The highest BCUT2D eigenvalue weighted by Gasteiger charge is 2.21. The van der Waals surface area contributed by atoms with Crippen LogP contribution in [-0.2, 0) is 19.6 Å². The average molecular weight is 639 g/mol. The molecule has 3 amide bonds. The van der Waals surface area contributed by atoms with E-state index >= 15 is 0 Å². The average Bonchev–Trinajstić information content (AvgIpc) is 2.93. The molecule has 0 heterocycles. The first kappa shape index (κ1) is 34.6. The van der Waals surface area contributed by atoms with Crippen LogP contribution >= 0.6 is 35.3 Å². The lowest BCUT2D eigenvalue weighted by Crippen LogP contribution is -2.25. The highest BCUT2D eigenvalue weighted by Crippen LogP contribution is 2.35. The Kier molecular flexibility index (Phi) is 12.6. The summed E-state index contributed by atoms with van der Waals surface area (Å²) in [5, 5.41) is -0.0799. The maximum atomic E-state index is 12.8. The van der Waals surface area contributed by atoms with Crippen molar-refractivity contribution in [2.45, 2.75) is 55.1 Å². The molecule has 0 aliphatic rings. The second-order valence-electron chi connectivity index (χ2n) is 11.1. The Morgan fingerprint density at radius 1 is 0.488 bits per heavy atom. The van der Waals surface area contributed by atoms with E-state index in [0.717, 1.165) is 48.1 Å². The van der Waals surface area contributed by atoms with Gasteiger partial charge >= 0.3 is 0 Å². The molecule has 0 aromatic heterocycles. The van der Waals surface area contributed by atoms with E-state index < -0.39 is 0 Å². The van der Waals surface area contributed by atoms with Crippen molar-refractivity contribution in [2.24, 2.45) is 0 Å². The first-order chi connectivity index (χ1) is 20.3. The van der Waals surface area contributed by atoms with Gasteiger partial charge in [-0.25, -0.2) is 0 Å². The number of carbonyl (C=O) groups excluding carboxylic acids is 3. The highest BCUT2D eigenvalue weighted by molar-refractivity contribution is 8.14. The molecule has 3 aromatic carbocycles. The Morgan fingerprint density at radius 2 is 0.744 bits per heavy atom. The van der Waals surface area contributed by atoms with Gasteiger partial charge in [-0.2, -0.15) is 0 Å².